The average molecular weight is 313 g/mol. The third-order valence-corrected chi connectivity index (χ3v) is 5.57. The number of aliphatic imine (C=N–C) groups is 1. The van der Waals surface area contributed by atoms with Crippen molar-refractivity contribution in [2.45, 2.75) is 31.7 Å². The standard InChI is InChI=1S/C17H19N3OS/c21-16-15(10-13-6-2-1-3-7-13)18-17-20(16)11-19(12-22-17)14-8-4-5-9-14/h1-3,6-7,10,14H,4-5,8-9,11-12H2/b15-10-. The van der Waals surface area contributed by atoms with Crippen molar-refractivity contribution in [3.05, 3.63) is 41.6 Å². The summed E-state index contributed by atoms with van der Waals surface area (Å²) in [6, 6.07) is 10.6. The van der Waals surface area contributed by atoms with Crippen LogP contribution < -0.4 is 0 Å². The normalized spacial score (nSPS) is 24.9. The average Bonchev–Trinajstić information content (AvgIpc) is 3.18. The summed E-state index contributed by atoms with van der Waals surface area (Å²) >= 11 is 1.69. The van der Waals surface area contributed by atoms with Gasteiger partial charge in [-0.2, -0.15) is 0 Å². The highest BCUT2D eigenvalue weighted by atomic mass is 32.2. The van der Waals surface area contributed by atoms with Gasteiger partial charge in [0, 0.05) is 6.04 Å². The van der Waals surface area contributed by atoms with Crippen LogP contribution in [0, 0.1) is 0 Å². The third kappa shape index (κ3) is 2.59. The molecule has 0 spiro atoms. The second-order valence-electron chi connectivity index (χ2n) is 6.01. The van der Waals surface area contributed by atoms with Crippen LogP contribution in [0.25, 0.3) is 6.08 Å². The van der Waals surface area contributed by atoms with E-state index in [2.05, 4.69) is 9.89 Å². The van der Waals surface area contributed by atoms with Gasteiger partial charge in [0.05, 0.1) is 12.5 Å². The number of carbonyl (C=O) groups is 1. The molecule has 1 saturated carbocycles. The molecular formula is C17H19N3OS. The molecular weight excluding hydrogens is 294 g/mol. The van der Waals surface area contributed by atoms with Crippen LogP contribution in [0.4, 0.5) is 0 Å². The Balaban J connectivity index is 1.53. The van der Waals surface area contributed by atoms with Gasteiger partial charge in [-0.1, -0.05) is 54.9 Å². The molecule has 0 atom stereocenters. The highest BCUT2D eigenvalue weighted by Crippen LogP contribution is 2.32. The summed E-state index contributed by atoms with van der Waals surface area (Å²) in [7, 11) is 0. The van der Waals surface area contributed by atoms with Crippen molar-refractivity contribution in [2.75, 3.05) is 12.5 Å². The van der Waals surface area contributed by atoms with E-state index in [4.69, 9.17) is 0 Å². The van der Waals surface area contributed by atoms with Crippen LogP contribution in [0.1, 0.15) is 31.2 Å². The Bertz CT molecular complexity index is 635. The minimum Gasteiger partial charge on any atom is -0.273 e. The lowest BCUT2D eigenvalue weighted by molar-refractivity contribution is -0.124. The molecule has 22 heavy (non-hydrogen) atoms. The van der Waals surface area contributed by atoms with Crippen LogP contribution in [-0.4, -0.2) is 39.5 Å². The molecule has 1 saturated heterocycles. The van der Waals surface area contributed by atoms with E-state index >= 15 is 0 Å². The summed E-state index contributed by atoms with van der Waals surface area (Å²) in [5, 5.41) is 0.862. The molecule has 5 heteroatoms. The van der Waals surface area contributed by atoms with Crippen molar-refractivity contribution in [3.63, 3.8) is 0 Å². The maximum atomic E-state index is 12.6. The molecule has 0 radical (unpaired) electrons. The van der Waals surface area contributed by atoms with Crippen molar-refractivity contribution in [1.82, 2.24) is 9.80 Å². The number of fused-ring (bicyclic) bond motifs is 1. The number of hydrogen-bond donors (Lipinski definition) is 0. The van der Waals surface area contributed by atoms with E-state index in [-0.39, 0.29) is 5.91 Å². The number of rotatable bonds is 2. The summed E-state index contributed by atoms with van der Waals surface area (Å²) < 4.78 is 0. The molecule has 3 aliphatic rings. The lowest BCUT2D eigenvalue weighted by Gasteiger charge is -2.36. The Hall–Kier alpha value is -1.59. The molecule has 114 valence electrons. The minimum atomic E-state index is 0.0362. The third-order valence-electron chi connectivity index (χ3n) is 4.54. The Morgan fingerprint density at radius 1 is 1.18 bits per heavy atom. The molecule has 2 heterocycles. The van der Waals surface area contributed by atoms with Crippen molar-refractivity contribution in [1.29, 1.82) is 0 Å². The van der Waals surface area contributed by atoms with Crippen molar-refractivity contribution in [3.8, 4) is 0 Å². The van der Waals surface area contributed by atoms with E-state index < -0.39 is 0 Å². The predicted octanol–water partition coefficient (Wildman–Crippen LogP) is 3.13. The number of carbonyl (C=O) groups excluding carboxylic acids is 1. The minimum absolute atomic E-state index is 0.0362. The first-order chi connectivity index (χ1) is 10.8. The van der Waals surface area contributed by atoms with Gasteiger partial charge in [-0.3, -0.25) is 14.6 Å². The molecule has 1 aliphatic carbocycles. The van der Waals surface area contributed by atoms with Crippen LogP contribution >= 0.6 is 11.8 Å². The van der Waals surface area contributed by atoms with E-state index in [1.807, 2.05) is 41.3 Å². The molecule has 4 nitrogen and oxygen atoms in total. The highest BCUT2D eigenvalue weighted by Gasteiger charge is 2.37. The lowest BCUT2D eigenvalue weighted by Crippen LogP contribution is -2.49. The van der Waals surface area contributed by atoms with Crippen molar-refractivity contribution < 1.29 is 4.79 Å². The second kappa shape index (κ2) is 5.89. The molecule has 1 aromatic carbocycles. The number of thioether (sulfide) groups is 1. The fourth-order valence-corrected chi connectivity index (χ4v) is 4.36. The van der Waals surface area contributed by atoms with Crippen molar-refractivity contribution in [2.24, 2.45) is 4.99 Å². The zero-order valence-electron chi connectivity index (χ0n) is 12.4. The fraction of sp³-hybridized carbons (Fsp3) is 0.412. The molecule has 0 aromatic heterocycles. The van der Waals surface area contributed by atoms with E-state index in [9.17, 15) is 4.79 Å². The molecule has 1 amide bonds. The van der Waals surface area contributed by atoms with Crippen molar-refractivity contribution >= 4 is 28.9 Å². The SMILES string of the molecule is O=C1/C(=C/c2ccccc2)N=C2SCN(C3CCCC3)CN12. The topological polar surface area (TPSA) is 35.9 Å². The monoisotopic (exact) mass is 313 g/mol. The van der Waals surface area contributed by atoms with Crippen LogP contribution in [0.5, 0.6) is 0 Å². The number of amides is 1. The zero-order chi connectivity index (χ0) is 14.9. The predicted molar refractivity (Wildman–Crippen MR) is 90.1 cm³/mol. The first-order valence-corrected chi connectivity index (χ1v) is 8.84. The maximum Gasteiger partial charge on any atom is 0.279 e. The Labute approximate surface area is 134 Å². The molecule has 0 N–H and O–H groups in total. The number of nitrogens with zero attached hydrogens (tertiary/aromatic N) is 3. The van der Waals surface area contributed by atoms with Gasteiger partial charge in [0.15, 0.2) is 5.17 Å². The van der Waals surface area contributed by atoms with Gasteiger partial charge in [0.1, 0.15) is 5.70 Å². The maximum absolute atomic E-state index is 12.6. The highest BCUT2D eigenvalue weighted by molar-refractivity contribution is 8.13. The number of benzene rings is 1. The lowest BCUT2D eigenvalue weighted by atomic mass is 10.2. The van der Waals surface area contributed by atoms with Gasteiger partial charge in [-0.25, -0.2) is 4.99 Å². The molecule has 1 aromatic rings. The largest absolute Gasteiger partial charge is 0.279 e. The van der Waals surface area contributed by atoms with Gasteiger partial charge in [-0.15, -0.1) is 0 Å². The summed E-state index contributed by atoms with van der Waals surface area (Å²) in [5.74, 6) is 0.986. The summed E-state index contributed by atoms with van der Waals surface area (Å²) in [4.78, 5) is 21.4. The number of amidine groups is 1. The quantitative estimate of drug-likeness (QED) is 0.787. The van der Waals surface area contributed by atoms with Crippen LogP contribution in [0.3, 0.4) is 0 Å². The molecule has 0 bridgehead atoms. The van der Waals surface area contributed by atoms with Crippen LogP contribution in [-0.2, 0) is 4.79 Å². The summed E-state index contributed by atoms with van der Waals surface area (Å²) in [6.07, 6.45) is 7.05. The first-order valence-electron chi connectivity index (χ1n) is 7.85. The van der Waals surface area contributed by atoms with Crippen LogP contribution in [0.2, 0.25) is 0 Å². The molecule has 4 rings (SSSR count). The first kappa shape index (κ1) is 14.0. The number of hydrogen-bond acceptors (Lipinski definition) is 4. The van der Waals surface area contributed by atoms with Gasteiger partial charge in [0.25, 0.3) is 5.91 Å². The van der Waals surface area contributed by atoms with E-state index in [1.165, 1.54) is 25.7 Å². The second-order valence-corrected chi connectivity index (χ2v) is 6.92. The van der Waals surface area contributed by atoms with Crippen LogP contribution in [0.15, 0.2) is 41.0 Å². The van der Waals surface area contributed by atoms with E-state index in [1.54, 1.807) is 11.8 Å². The molecule has 2 fully saturated rings. The van der Waals surface area contributed by atoms with Gasteiger partial charge >= 0.3 is 0 Å². The zero-order valence-corrected chi connectivity index (χ0v) is 13.3. The Kier molecular flexibility index (Phi) is 3.76. The fourth-order valence-electron chi connectivity index (χ4n) is 3.33. The van der Waals surface area contributed by atoms with Gasteiger partial charge in [-0.05, 0) is 24.5 Å². The van der Waals surface area contributed by atoms with E-state index in [0.717, 1.165) is 16.6 Å². The molecule has 0 unspecified atom stereocenters. The van der Waals surface area contributed by atoms with Gasteiger partial charge in [0.2, 0.25) is 0 Å². The Morgan fingerprint density at radius 2 is 1.95 bits per heavy atom. The molecule has 2 aliphatic heterocycles. The Morgan fingerprint density at radius 3 is 2.73 bits per heavy atom. The van der Waals surface area contributed by atoms with E-state index in [0.29, 0.717) is 18.4 Å². The summed E-state index contributed by atoms with van der Waals surface area (Å²) in [5.41, 5.74) is 1.58. The smallest absolute Gasteiger partial charge is 0.273 e. The van der Waals surface area contributed by atoms with Gasteiger partial charge < -0.3 is 0 Å². The summed E-state index contributed by atoms with van der Waals surface area (Å²) in [6.45, 7) is 0.696.